The molecule has 4 nitrogen and oxygen atoms in total. The van der Waals surface area contributed by atoms with Crippen molar-refractivity contribution in [1.82, 2.24) is 10.2 Å². The zero-order chi connectivity index (χ0) is 20.5. The Hall–Kier alpha value is -2.27. The number of nitrogens with zero attached hydrogens (tertiary/aromatic N) is 1. The molecule has 12 heteroatoms. The Kier molecular flexibility index (Phi) is 5.76. The molecule has 2 amide bonds. The number of nitrogens with one attached hydrogen (secondary N) is 1. The highest BCUT2D eigenvalue weighted by Gasteiger charge is 2.72. The molecule has 1 aliphatic heterocycles. The SMILES string of the molecule is O=C(NCCOc1ccc(F)c(F)c1)N1CCC(C(F)(F)F)(C(F)(F)F)C1. The van der Waals surface area contributed by atoms with Gasteiger partial charge in [-0.2, -0.15) is 26.3 Å². The van der Waals surface area contributed by atoms with Crippen molar-refractivity contribution in [2.24, 2.45) is 5.41 Å². The molecular formula is C15H14F8N2O2. The summed E-state index contributed by atoms with van der Waals surface area (Å²) in [7, 11) is 0. The van der Waals surface area contributed by atoms with Crippen LogP contribution in [0.15, 0.2) is 18.2 Å². The molecule has 1 heterocycles. The summed E-state index contributed by atoms with van der Waals surface area (Å²) in [5.74, 6) is -2.32. The van der Waals surface area contributed by atoms with Crippen LogP contribution in [0.4, 0.5) is 39.9 Å². The number of rotatable bonds is 4. The lowest BCUT2D eigenvalue weighted by molar-refractivity contribution is -0.334. The maximum Gasteiger partial charge on any atom is 0.404 e. The molecular weight excluding hydrogens is 392 g/mol. The summed E-state index contributed by atoms with van der Waals surface area (Å²) in [6, 6.07) is 1.56. The molecule has 1 N–H and O–H groups in total. The monoisotopic (exact) mass is 406 g/mol. The summed E-state index contributed by atoms with van der Waals surface area (Å²) < 4.78 is 108. The second-order valence-corrected chi connectivity index (χ2v) is 5.91. The molecule has 0 spiro atoms. The molecule has 152 valence electrons. The third kappa shape index (κ3) is 4.35. The van der Waals surface area contributed by atoms with Gasteiger partial charge in [0.15, 0.2) is 17.0 Å². The Morgan fingerprint density at radius 2 is 1.74 bits per heavy atom. The zero-order valence-electron chi connectivity index (χ0n) is 13.6. The predicted octanol–water partition coefficient (Wildman–Crippen LogP) is 3.87. The zero-order valence-corrected chi connectivity index (χ0v) is 13.6. The number of carbonyl (C=O) groups excluding carboxylic acids is 1. The lowest BCUT2D eigenvalue weighted by atomic mass is 9.85. The summed E-state index contributed by atoms with van der Waals surface area (Å²) in [5, 5.41) is 2.12. The molecule has 0 unspecified atom stereocenters. The number of amides is 2. The predicted molar refractivity (Wildman–Crippen MR) is 76.0 cm³/mol. The second kappa shape index (κ2) is 7.39. The molecule has 0 radical (unpaired) electrons. The van der Waals surface area contributed by atoms with Crippen LogP contribution in [0.1, 0.15) is 6.42 Å². The van der Waals surface area contributed by atoms with Crippen LogP contribution < -0.4 is 10.1 Å². The van der Waals surface area contributed by atoms with E-state index in [1.165, 1.54) is 0 Å². The van der Waals surface area contributed by atoms with Gasteiger partial charge in [-0.3, -0.25) is 0 Å². The fourth-order valence-corrected chi connectivity index (χ4v) is 2.61. The fourth-order valence-electron chi connectivity index (χ4n) is 2.61. The first kappa shape index (κ1) is 21.0. The number of hydrogen-bond acceptors (Lipinski definition) is 2. The Labute approximate surface area is 148 Å². The van der Waals surface area contributed by atoms with Gasteiger partial charge in [0.05, 0.1) is 6.54 Å². The highest BCUT2D eigenvalue weighted by atomic mass is 19.4. The molecule has 0 atom stereocenters. The standard InChI is InChI=1S/C15H14F8N2O2/c16-10-2-1-9(7-11(10)17)27-6-4-24-12(26)25-5-3-13(8-25,14(18,19)20)15(21,22)23/h1-2,7H,3-6,8H2,(H,24,26). The minimum absolute atomic E-state index is 0.0579. The van der Waals surface area contributed by atoms with Crippen molar-refractivity contribution < 1.29 is 44.7 Å². The lowest BCUT2D eigenvalue weighted by Crippen LogP contribution is -2.53. The Balaban J connectivity index is 1.87. The van der Waals surface area contributed by atoms with E-state index in [1.807, 2.05) is 0 Å². The number of likely N-dealkylation sites (tertiary alicyclic amines) is 1. The van der Waals surface area contributed by atoms with E-state index in [2.05, 4.69) is 5.32 Å². The van der Waals surface area contributed by atoms with Crippen LogP contribution in [0.5, 0.6) is 5.75 Å². The highest BCUT2D eigenvalue weighted by molar-refractivity contribution is 5.74. The minimum Gasteiger partial charge on any atom is -0.492 e. The van der Waals surface area contributed by atoms with Gasteiger partial charge >= 0.3 is 18.4 Å². The number of ether oxygens (including phenoxy) is 1. The third-order valence-corrected chi connectivity index (χ3v) is 4.18. The maximum absolute atomic E-state index is 13.0. The second-order valence-electron chi connectivity index (χ2n) is 5.91. The van der Waals surface area contributed by atoms with Crippen molar-refractivity contribution in [2.45, 2.75) is 18.8 Å². The van der Waals surface area contributed by atoms with E-state index in [-0.39, 0.29) is 18.9 Å². The first-order chi connectivity index (χ1) is 12.4. The van der Waals surface area contributed by atoms with Gasteiger partial charge in [-0.1, -0.05) is 0 Å². The molecule has 0 aliphatic carbocycles. The van der Waals surface area contributed by atoms with E-state index in [1.54, 1.807) is 0 Å². The van der Waals surface area contributed by atoms with Crippen molar-refractivity contribution in [3.05, 3.63) is 29.8 Å². The van der Waals surface area contributed by atoms with Crippen LogP contribution >= 0.6 is 0 Å². The number of urea groups is 1. The van der Waals surface area contributed by atoms with Crippen LogP contribution in [0, 0.1) is 17.0 Å². The minimum atomic E-state index is -5.55. The average molecular weight is 406 g/mol. The van der Waals surface area contributed by atoms with Gasteiger partial charge in [0.1, 0.15) is 12.4 Å². The molecule has 2 rings (SSSR count). The van der Waals surface area contributed by atoms with Crippen LogP contribution in [0.25, 0.3) is 0 Å². The van der Waals surface area contributed by atoms with E-state index in [0.29, 0.717) is 4.90 Å². The van der Waals surface area contributed by atoms with Gasteiger partial charge in [-0.25, -0.2) is 13.6 Å². The number of carbonyl (C=O) groups is 1. The van der Waals surface area contributed by atoms with Crippen molar-refractivity contribution in [2.75, 3.05) is 26.2 Å². The molecule has 1 aromatic rings. The van der Waals surface area contributed by atoms with E-state index in [0.717, 1.165) is 18.2 Å². The van der Waals surface area contributed by atoms with Crippen LogP contribution in [0.3, 0.4) is 0 Å². The van der Waals surface area contributed by atoms with Crippen LogP contribution in [-0.2, 0) is 0 Å². The van der Waals surface area contributed by atoms with Crippen molar-refractivity contribution in [3.63, 3.8) is 0 Å². The molecule has 0 bridgehead atoms. The van der Waals surface area contributed by atoms with E-state index >= 15 is 0 Å². The first-order valence-electron chi connectivity index (χ1n) is 7.61. The van der Waals surface area contributed by atoms with Crippen LogP contribution in [0.2, 0.25) is 0 Å². The largest absolute Gasteiger partial charge is 0.492 e. The number of hydrogen-bond donors (Lipinski definition) is 1. The summed E-state index contributed by atoms with van der Waals surface area (Å²) in [6.07, 6.45) is -12.4. The summed E-state index contributed by atoms with van der Waals surface area (Å²) in [6.45, 7) is -2.77. The summed E-state index contributed by atoms with van der Waals surface area (Å²) in [4.78, 5) is 12.2. The van der Waals surface area contributed by atoms with E-state index in [4.69, 9.17) is 4.74 Å². The molecule has 0 aromatic heterocycles. The molecule has 0 saturated carbocycles. The normalized spacial score (nSPS) is 17.1. The molecule has 27 heavy (non-hydrogen) atoms. The summed E-state index contributed by atoms with van der Waals surface area (Å²) >= 11 is 0. The molecule has 1 aromatic carbocycles. The summed E-state index contributed by atoms with van der Waals surface area (Å²) in [5.41, 5.74) is -3.96. The van der Waals surface area contributed by atoms with Gasteiger partial charge in [0, 0.05) is 19.2 Å². The Morgan fingerprint density at radius 3 is 2.26 bits per heavy atom. The van der Waals surface area contributed by atoms with E-state index in [9.17, 15) is 39.9 Å². The molecule has 1 saturated heterocycles. The topological polar surface area (TPSA) is 41.6 Å². The van der Waals surface area contributed by atoms with Crippen LogP contribution in [-0.4, -0.2) is 49.5 Å². The first-order valence-corrected chi connectivity index (χ1v) is 7.61. The Morgan fingerprint density at radius 1 is 1.11 bits per heavy atom. The highest BCUT2D eigenvalue weighted by Crippen LogP contribution is 2.55. The molecule has 1 fully saturated rings. The number of alkyl halides is 6. The smallest absolute Gasteiger partial charge is 0.404 e. The quantitative estimate of drug-likeness (QED) is 0.610. The third-order valence-electron chi connectivity index (χ3n) is 4.18. The average Bonchev–Trinajstić information content (AvgIpc) is 3.01. The van der Waals surface area contributed by atoms with Crippen molar-refractivity contribution in [1.29, 1.82) is 0 Å². The maximum atomic E-state index is 13.0. The van der Waals surface area contributed by atoms with Gasteiger partial charge in [-0.15, -0.1) is 0 Å². The van der Waals surface area contributed by atoms with Gasteiger partial charge < -0.3 is 15.0 Å². The Bertz CT molecular complexity index is 675. The van der Waals surface area contributed by atoms with Crippen molar-refractivity contribution in [3.8, 4) is 5.75 Å². The lowest BCUT2D eigenvalue weighted by Gasteiger charge is -2.33. The van der Waals surface area contributed by atoms with Gasteiger partial charge in [0.25, 0.3) is 0 Å². The fraction of sp³-hybridized carbons (Fsp3) is 0.533. The van der Waals surface area contributed by atoms with Gasteiger partial charge in [-0.05, 0) is 18.6 Å². The molecule has 1 aliphatic rings. The van der Waals surface area contributed by atoms with E-state index < -0.39 is 54.9 Å². The van der Waals surface area contributed by atoms with Gasteiger partial charge in [0.2, 0.25) is 0 Å². The number of halogens is 8. The number of benzene rings is 1. The van der Waals surface area contributed by atoms with Crippen molar-refractivity contribution >= 4 is 6.03 Å².